The number of rotatable bonds is 48. The first-order valence-corrected chi connectivity index (χ1v) is 33.2. The van der Waals surface area contributed by atoms with Crippen LogP contribution >= 0.6 is 0 Å². The zero-order valence-electron chi connectivity index (χ0n) is 50.7. The fourth-order valence-electron chi connectivity index (χ4n) is 12.4. The molecule has 0 aliphatic rings. The first-order valence-electron chi connectivity index (χ1n) is 33.2. The Morgan fingerprint density at radius 2 is 0.392 bits per heavy atom. The predicted molar refractivity (Wildman–Crippen MR) is 330 cm³/mol. The van der Waals surface area contributed by atoms with Crippen molar-refractivity contribution >= 4 is 0 Å². The number of phenols is 2. The van der Waals surface area contributed by atoms with Crippen LogP contribution in [0.25, 0.3) is 0 Å². The van der Waals surface area contributed by atoms with Crippen molar-refractivity contribution in [2.75, 3.05) is 0 Å². The third-order valence-corrected chi connectivity index (χ3v) is 16.9. The summed E-state index contributed by atoms with van der Waals surface area (Å²) in [6, 6.07) is 9.91. The van der Waals surface area contributed by atoms with Gasteiger partial charge in [-0.05, 0) is 182 Å². The van der Waals surface area contributed by atoms with E-state index in [9.17, 15) is 10.2 Å². The van der Waals surface area contributed by atoms with Crippen molar-refractivity contribution in [1.29, 1.82) is 0 Å². The quantitative estimate of drug-likeness (QED) is 0.0554. The van der Waals surface area contributed by atoms with Crippen LogP contribution in [0.2, 0.25) is 0 Å². The van der Waals surface area contributed by atoms with E-state index < -0.39 is 0 Å². The van der Waals surface area contributed by atoms with Gasteiger partial charge in [0.2, 0.25) is 0 Å². The lowest BCUT2D eigenvalue weighted by atomic mass is 9.76. The Kier molecular flexibility index (Phi) is 37.5. The summed E-state index contributed by atoms with van der Waals surface area (Å²) >= 11 is 0. The summed E-state index contributed by atoms with van der Waals surface area (Å²) in [5.74, 6) is 1.22. The molecule has 0 radical (unpaired) electrons. The summed E-state index contributed by atoms with van der Waals surface area (Å²) in [5.41, 5.74) is 17.9. The lowest BCUT2D eigenvalue weighted by Crippen LogP contribution is -2.16. The monoisotopic (exact) mass is 1020 g/mol. The van der Waals surface area contributed by atoms with Gasteiger partial charge in [-0.15, -0.1) is 0 Å². The van der Waals surface area contributed by atoms with Crippen molar-refractivity contribution < 1.29 is 10.2 Å². The molecular formula is C72H122O2. The van der Waals surface area contributed by atoms with E-state index in [1.165, 1.54) is 265 Å². The van der Waals surface area contributed by atoms with E-state index >= 15 is 0 Å². The van der Waals surface area contributed by atoms with E-state index in [1.54, 1.807) is 33.4 Å². The van der Waals surface area contributed by atoms with E-state index in [1.807, 2.05) is 0 Å². The minimum Gasteiger partial charge on any atom is -0.507 e. The van der Waals surface area contributed by atoms with Crippen LogP contribution in [0.3, 0.4) is 0 Å². The lowest BCUT2D eigenvalue weighted by molar-refractivity contribution is 0.456. The van der Waals surface area contributed by atoms with E-state index in [0.29, 0.717) is 11.5 Å². The van der Waals surface area contributed by atoms with E-state index in [4.69, 9.17) is 0 Å². The number of aromatic hydroxyl groups is 2. The van der Waals surface area contributed by atoms with Gasteiger partial charge in [-0.1, -0.05) is 259 Å². The van der Waals surface area contributed by atoms with E-state index in [-0.39, 0.29) is 0 Å². The molecule has 0 bridgehead atoms. The van der Waals surface area contributed by atoms with Crippen molar-refractivity contribution in [2.45, 2.75) is 351 Å². The molecule has 0 aliphatic heterocycles. The molecule has 0 aromatic heterocycles. The van der Waals surface area contributed by atoms with Crippen LogP contribution in [0.1, 0.15) is 353 Å². The van der Waals surface area contributed by atoms with Gasteiger partial charge in [-0.3, -0.25) is 0 Å². The average molecular weight is 1020 g/mol. The third kappa shape index (κ3) is 25.2. The second-order valence-corrected chi connectivity index (χ2v) is 23.6. The van der Waals surface area contributed by atoms with Crippen LogP contribution in [0.4, 0.5) is 0 Å². The van der Waals surface area contributed by atoms with Gasteiger partial charge >= 0.3 is 0 Å². The normalized spacial score (nSPS) is 11.7. The van der Waals surface area contributed by atoms with Crippen LogP contribution < -0.4 is 0 Å². The zero-order valence-corrected chi connectivity index (χ0v) is 50.7. The molecule has 0 amide bonds. The SMILES string of the molecule is CCCCCCCCc1cc(Cc2c(CCCCC)c(CCCCC)c(Cc3cc(CCCCCCCC)c(O)c(CCCCCCCC)c3)c(CCCCC)c2CCCCC)cc(CCCCCCCC)c1O. The van der Waals surface area contributed by atoms with Crippen molar-refractivity contribution in [3.63, 3.8) is 0 Å². The second-order valence-electron chi connectivity index (χ2n) is 23.6. The standard InChI is InChI=1S/C72H122O2/c1-9-17-25-29-33-41-45-61-53-59(54-62(71(61)73)46-42-34-30-26-18-10-2)57-69-65(49-37-21-13-5)67(51-39-23-15-7)70(68(52-40-24-16-8)66(69)50-38-22-14-6)58-60-55-63(47-43-35-31-27-19-11-3)72(74)64(56-60)48-44-36-32-28-20-12-4/h53-56,73-74H,9-52,57-58H2,1-8H3. The zero-order chi connectivity index (χ0) is 53.4. The Labute approximate surface area is 461 Å². The number of phenolic OH excluding ortho intramolecular Hbond substituents is 2. The van der Waals surface area contributed by atoms with E-state index in [2.05, 4.69) is 79.7 Å². The van der Waals surface area contributed by atoms with Gasteiger partial charge < -0.3 is 10.2 Å². The molecule has 3 rings (SSSR count). The van der Waals surface area contributed by atoms with Gasteiger partial charge in [0.15, 0.2) is 0 Å². The second kappa shape index (κ2) is 42.3. The minimum atomic E-state index is 0.610. The molecule has 422 valence electrons. The highest BCUT2D eigenvalue weighted by Crippen LogP contribution is 2.39. The Hall–Kier alpha value is -2.74. The highest BCUT2D eigenvalue weighted by Gasteiger charge is 2.25. The molecule has 0 atom stereocenters. The highest BCUT2D eigenvalue weighted by molar-refractivity contribution is 5.57. The summed E-state index contributed by atoms with van der Waals surface area (Å²) in [6.45, 7) is 18.8. The molecule has 0 heterocycles. The first-order chi connectivity index (χ1) is 36.3. The molecular weight excluding hydrogens is 897 g/mol. The average Bonchev–Trinajstić information content (AvgIpc) is 3.40. The molecule has 0 spiro atoms. The van der Waals surface area contributed by atoms with Gasteiger partial charge in [0.05, 0.1) is 0 Å². The number of unbranched alkanes of at least 4 members (excludes halogenated alkanes) is 28. The molecule has 0 unspecified atom stereocenters. The van der Waals surface area contributed by atoms with Gasteiger partial charge in [-0.25, -0.2) is 0 Å². The van der Waals surface area contributed by atoms with Gasteiger partial charge in [0, 0.05) is 0 Å². The topological polar surface area (TPSA) is 40.5 Å². The largest absolute Gasteiger partial charge is 0.507 e. The molecule has 3 aromatic rings. The molecule has 0 saturated heterocycles. The van der Waals surface area contributed by atoms with Crippen molar-refractivity contribution in [2.24, 2.45) is 0 Å². The van der Waals surface area contributed by atoms with Gasteiger partial charge in [0.25, 0.3) is 0 Å². The number of aryl methyl sites for hydroxylation is 4. The lowest BCUT2D eigenvalue weighted by Gasteiger charge is -2.29. The van der Waals surface area contributed by atoms with Gasteiger partial charge in [0.1, 0.15) is 11.5 Å². The number of hydrogen-bond donors (Lipinski definition) is 2. The maximum absolute atomic E-state index is 12.1. The maximum Gasteiger partial charge on any atom is 0.121 e. The Morgan fingerprint density at radius 1 is 0.216 bits per heavy atom. The van der Waals surface area contributed by atoms with Crippen molar-refractivity contribution in [3.8, 4) is 11.5 Å². The van der Waals surface area contributed by atoms with Crippen LogP contribution in [0.15, 0.2) is 24.3 Å². The third-order valence-electron chi connectivity index (χ3n) is 16.9. The predicted octanol–water partition coefficient (Wildman–Crippen LogP) is 22.8. The van der Waals surface area contributed by atoms with Crippen LogP contribution in [-0.4, -0.2) is 10.2 Å². The molecule has 2 heteroatoms. The Balaban J connectivity index is 2.37. The van der Waals surface area contributed by atoms with Crippen LogP contribution in [0.5, 0.6) is 11.5 Å². The van der Waals surface area contributed by atoms with Gasteiger partial charge in [-0.2, -0.15) is 0 Å². The minimum absolute atomic E-state index is 0.610. The molecule has 0 saturated carbocycles. The summed E-state index contributed by atoms with van der Waals surface area (Å²) in [6.07, 6.45) is 56.3. The Bertz CT molecular complexity index is 1610. The molecule has 0 aliphatic carbocycles. The highest BCUT2D eigenvalue weighted by atomic mass is 16.3. The van der Waals surface area contributed by atoms with Crippen LogP contribution in [-0.2, 0) is 64.2 Å². The van der Waals surface area contributed by atoms with Crippen LogP contribution in [0, 0.1) is 0 Å². The summed E-state index contributed by atoms with van der Waals surface area (Å²) in [7, 11) is 0. The maximum atomic E-state index is 12.1. The summed E-state index contributed by atoms with van der Waals surface area (Å²) < 4.78 is 0. The van der Waals surface area contributed by atoms with Crippen molar-refractivity contribution in [1.82, 2.24) is 0 Å². The molecule has 3 aromatic carbocycles. The number of hydrogen-bond acceptors (Lipinski definition) is 2. The molecule has 74 heavy (non-hydrogen) atoms. The summed E-state index contributed by atoms with van der Waals surface area (Å²) in [4.78, 5) is 0. The van der Waals surface area contributed by atoms with E-state index in [0.717, 1.165) is 64.2 Å². The smallest absolute Gasteiger partial charge is 0.121 e. The molecule has 0 fully saturated rings. The molecule has 2 nitrogen and oxygen atoms in total. The summed E-state index contributed by atoms with van der Waals surface area (Å²) in [5, 5.41) is 24.2. The molecule has 2 N–H and O–H groups in total. The number of benzene rings is 3. The Morgan fingerprint density at radius 3 is 0.608 bits per heavy atom. The fourth-order valence-corrected chi connectivity index (χ4v) is 12.4. The van der Waals surface area contributed by atoms with Crippen molar-refractivity contribution in [3.05, 3.63) is 91.0 Å². The first kappa shape index (κ1) is 65.5. The fraction of sp³-hybridized carbons (Fsp3) is 0.750.